The Morgan fingerprint density at radius 3 is 2.48 bits per heavy atom. The van der Waals surface area contributed by atoms with Crippen LogP contribution in [0.2, 0.25) is 0 Å². The Bertz CT molecular complexity index is 559. The summed E-state index contributed by atoms with van der Waals surface area (Å²) in [6.07, 6.45) is 3.00. The number of nitrogens with one attached hydrogen (secondary N) is 1. The number of hydrogen-bond acceptors (Lipinski definition) is 3. The first kappa shape index (κ1) is 23.9. The van der Waals surface area contributed by atoms with E-state index in [4.69, 9.17) is 4.99 Å². The maximum Gasteiger partial charge on any atom is 0.194 e. The topological polar surface area (TPSA) is 51.1 Å². The van der Waals surface area contributed by atoms with Crippen molar-refractivity contribution in [1.29, 1.82) is 0 Å². The molecule has 1 unspecified atom stereocenters. The minimum absolute atomic E-state index is 0. The van der Waals surface area contributed by atoms with Crippen LogP contribution in [0.1, 0.15) is 33.1 Å². The maximum atomic E-state index is 14.0. The molecule has 1 aliphatic heterocycles. The Labute approximate surface area is 180 Å². The second-order valence-corrected chi connectivity index (χ2v) is 6.79. The molecule has 154 valence electrons. The van der Waals surface area contributed by atoms with Crippen LogP contribution in [0.4, 0.5) is 10.1 Å². The summed E-state index contributed by atoms with van der Waals surface area (Å²) in [6.45, 7) is 9.22. The van der Waals surface area contributed by atoms with Gasteiger partial charge >= 0.3 is 0 Å². The number of guanidine groups is 1. The van der Waals surface area contributed by atoms with Gasteiger partial charge in [-0.1, -0.05) is 25.5 Å². The Morgan fingerprint density at radius 1 is 1.19 bits per heavy atom. The molecular weight excluding hydrogens is 458 g/mol. The number of benzene rings is 1. The molecule has 27 heavy (non-hydrogen) atoms. The van der Waals surface area contributed by atoms with Gasteiger partial charge in [-0.3, -0.25) is 4.99 Å². The Hall–Kier alpha value is -1.09. The number of piperazine rings is 1. The zero-order valence-electron chi connectivity index (χ0n) is 16.5. The summed E-state index contributed by atoms with van der Waals surface area (Å²) >= 11 is 0. The highest BCUT2D eigenvalue weighted by Crippen LogP contribution is 2.20. The van der Waals surface area contributed by atoms with E-state index in [1.165, 1.54) is 6.07 Å². The molecule has 0 spiro atoms. The number of para-hydroxylation sites is 1. The van der Waals surface area contributed by atoms with E-state index >= 15 is 0 Å². The molecule has 1 aromatic rings. The van der Waals surface area contributed by atoms with Crippen LogP contribution in [-0.2, 0) is 0 Å². The lowest BCUT2D eigenvalue weighted by Gasteiger charge is -2.38. The van der Waals surface area contributed by atoms with Gasteiger partial charge < -0.3 is 20.2 Å². The molecule has 0 aliphatic carbocycles. The Kier molecular flexibility index (Phi) is 11.7. The quantitative estimate of drug-likeness (QED) is 0.332. The molecule has 7 heteroatoms. The molecule has 2 rings (SSSR count). The van der Waals surface area contributed by atoms with Gasteiger partial charge in [0, 0.05) is 45.9 Å². The molecule has 1 aromatic carbocycles. The zero-order valence-corrected chi connectivity index (χ0v) is 18.9. The molecule has 0 saturated carbocycles. The van der Waals surface area contributed by atoms with Gasteiger partial charge in [0.05, 0.1) is 5.69 Å². The van der Waals surface area contributed by atoms with Crippen molar-refractivity contribution >= 4 is 35.6 Å². The molecule has 1 heterocycles. The summed E-state index contributed by atoms with van der Waals surface area (Å²) in [5.74, 6) is 1.20. The second kappa shape index (κ2) is 13.1. The van der Waals surface area contributed by atoms with Gasteiger partial charge in [-0.25, -0.2) is 4.39 Å². The molecule has 1 aliphatic rings. The number of aliphatic hydroxyl groups is 1. The van der Waals surface area contributed by atoms with Gasteiger partial charge in [0.1, 0.15) is 5.82 Å². The van der Waals surface area contributed by atoms with E-state index in [9.17, 15) is 9.50 Å². The molecule has 1 atom stereocenters. The van der Waals surface area contributed by atoms with Crippen molar-refractivity contribution in [3.8, 4) is 0 Å². The molecule has 2 N–H and O–H groups in total. The third-order valence-electron chi connectivity index (χ3n) is 4.84. The lowest BCUT2D eigenvalue weighted by atomic mass is 10.0. The van der Waals surface area contributed by atoms with Gasteiger partial charge in [-0.15, -0.1) is 24.0 Å². The smallest absolute Gasteiger partial charge is 0.194 e. The first-order valence-corrected chi connectivity index (χ1v) is 9.83. The second-order valence-electron chi connectivity index (χ2n) is 6.79. The molecule has 0 bridgehead atoms. The lowest BCUT2D eigenvalue weighted by Crippen LogP contribution is -2.52. The van der Waals surface area contributed by atoms with Gasteiger partial charge in [-0.2, -0.15) is 0 Å². The highest BCUT2D eigenvalue weighted by molar-refractivity contribution is 14.0. The third kappa shape index (κ3) is 7.44. The van der Waals surface area contributed by atoms with E-state index in [-0.39, 0.29) is 36.4 Å². The molecular formula is C20H34FIN4O. The fourth-order valence-corrected chi connectivity index (χ4v) is 3.43. The van der Waals surface area contributed by atoms with Crippen LogP contribution < -0.4 is 10.2 Å². The SMILES string of the molecule is CCCC(CCO)CN=C(NCC)N1CCN(c2ccccc2F)CC1.I. The van der Waals surface area contributed by atoms with Crippen LogP contribution in [0.15, 0.2) is 29.3 Å². The highest BCUT2D eigenvalue weighted by Gasteiger charge is 2.21. The van der Waals surface area contributed by atoms with Crippen LogP contribution in [0.5, 0.6) is 0 Å². The fraction of sp³-hybridized carbons (Fsp3) is 0.650. The minimum Gasteiger partial charge on any atom is -0.396 e. The van der Waals surface area contributed by atoms with Crippen molar-refractivity contribution in [3.63, 3.8) is 0 Å². The number of aliphatic hydroxyl groups excluding tert-OH is 1. The molecule has 0 aromatic heterocycles. The predicted octanol–water partition coefficient (Wildman–Crippen LogP) is 3.33. The van der Waals surface area contributed by atoms with Crippen molar-refractivity contribution < 1.29 is 9.50 Å². The Morgan fingerprint density at radius 2 is 1.89 bits per heavy atom. The summed E-state index contributed by atoms with van der Waals surface area (Å²) in [6, 6.07) is 6.96. The number of nitrogens with zero attached hydrogens (tertiary/aromatic N) is 3. The number of halogens is 2. The Balaban J connectivity index is 0.00000364. The first-order valence-electron chi connectivity index (χ1n) is 9.83. The summed E-state index contributed by atoms with van der Waals surface area (Å²) in [4.78, 5) is 9.17. The van der Waals surface area contributed by atoms with Crippen LogP contribution in [0.3, 0.4) is 0 Å². The first-order chi connectivity index (χ1) is 12.7. The van der Waals surface area contributed by atoms with Crippen LogP contribution in [0, 0.1) is 11.7 Å². The summed E-state index contributed by atoms with van der Waals surface area (Å²) in [7, 11) is 0. The highest BCUT2D eigenvalue weighted by atomic mass is 127. The average Bonchev–Trinajstić information content (AvgIpc) is 2.66. The number of anilines is 1. The van der Waals surface area contributed by atoms with Gasteiger partial charge in [-0.05, 0) is 37.8 Å². The van der Waals surface area contributed by atoms with Gasteiger partial charge in [0.25, 0.3) is 0 Å². The number of rotatable bonds is 8. The molecule has 5 nitrogen and oxygen atoms in total. The van der Waals surface area contributed by atoms with E-state index < -0.39 is 0 Å². The zero-order chi connectivity index (χ0) is 18.8. The van der Waals surface area contributed by atoms with Gasteiger partial charge in [0.2, 0.25) is 0 Å². The maximum absolute atomic E-state index is 14.0. The van der Waals surface area contributed by atoms with Crippen molar-refractivity contribution in [1.82, 2.24) is 10.2 Å². The van der Waals surface area contributed by atoms with Gasteiger partial charge in [0.15, 0.2) is 5.96 Å². The summed E-state index contributed by atoms with van der Waals surface area (Å²) in [5, 5.41) is 12.6. The third-order valence-corrected chi connectivity index (χ3v) is 4.84. The number of aliphatic imine (C=N–C) groups is 1. The van der Waals surface area contributed by atoms with Crippen molar-refractivity contribution in [2.45, 2.75) is 33.1 Å². The van der Waals surface area contributed by atoms with E-state index in [1.807, 2.05) is 12.1 Å². The van der Waals surface area contributed by atoms with Crippen LogP contribution in [0.25, 0.3) is 0 Å². The molecule has 1 fully saturated rings. The van der Waals surface area contributed by atoms with Crippen LogP contribution in [-0.4, -0.2) is 61.8 Å². The average molecular weight is 492 g/mol. The lowest BCUT2D eigenvalue weighted by molar-refractivity contribution is 0.253. The van der Waals surface area contributed by atoms with Crippen molar-refractivity contribution in [2.24, 2.45) is 10.9 Å². The molecule has 0 amide bonds. The van der Waals surface area contributed by atoms with E-state index in [0.717, 1.165) is 64.5 Å². The van der Waals surface area contributed by atoms with E-state index in [1.54, 1.807) is 6.07 Å². The van der Waals surface area contributed by atoms with Crippen molar-refractivity contribution in [3.05, 3.63) is 30.1 Å². The monoisotopic (exact) mass is 492 g/mol. The summed E-state index contributed by atoms with van der Waals surface area (Å²) < 4.78 is 14.0. The largest absolute Gasteiger partial charge is 0.396 e. The normalized spacial score (nSPS) is 16.1. The van der Waals surface area contributed by atoms with E-state index in [2.05, 4.69) is 29.0 Å². The predicted molar refractivity (Wildman–Crippen MR) is 122 cm³/mol. The standard InChI is InChI=1S/C20H33FN4O.HI/c1-3-7-17(10-15-26)16-23-20(22-4-2)25-13-11-24(12-14-25)19-9-6-5-8-18(19)21;/h5-6,8-9,17,26H,3-4,7,10-16H2,1-2H3,(H,22,23);1H. The van der Waals surface area contributed by atoms with E-state index in [0.29, 0.717) is 11.6 Å². The van der Waals surface area contributed by atoms with Crippen LogP contribution >= 0.6 is 24.0 Å². The molecule has 1 saturated heterocycles. The van der Waals surface area contributed by atoms with Crippen molar-refractivity contribution in [2.75, 3.05) is 50.8 Å². The fourth-order valence-electron chi connectivity index (χ4n) is 3.43. The minimum atomic E-state index is -0.159. The number of hydrogen-bond donors (Lipinski definition) is 2. The summed E-state index contributed by atoms with van der Waals surface area (Å²) in [5.41, 5.74) is 0.681. The molecule has 0 radical (unpaired) electrons.